The third kappa shape index (κ3) is 3.25. The molecule has 0 spiro atoms. The monoisotopic (exact) mass is 268 g/mol. The zero-order valence-electron chi connectivity index (χ0n) is 12.2. The highest BCUT2D eigenvalue weighted by atomic mass is 15.1. The minimum Gasteiger partial charge on any atom is -0.368 e. The zero-order chi connectivity index (χ0) is 14.5. The number of rotatable bonds is 5. The molecule has 4 nitrogen and oxygen atoms in total. The number of nitriles is 1. The van der Waals surface area contributed by atoms with Crippen molar-refractivity contribution in [3.63, 3.8) is 0 Å². The molecule has 20 heavy (non-hydrogen) atoms. The zero-order valence-corrected chi connectivity index (χ0v) is 12.2. The van der Waals surface area contributed by atoms with Crippen molar-refractivity contribution in [2.75, 3.05) is 25.5 Å². The maximum atomic E-state index is 9.23. The van der Waals surface area contributed by atoms with E-state index in [-0.39, 0.29) is 0 Å². The third-order valence-corrected chi connectivity index (χ3v) is 3.48. The van der Waals surface area contributed by atoms with Crippen LogP contribution in [0.3, 0.4) is 0 Å². The fourth-order valence-corrected chi connectivity index (χ4v) is 1.94. The number of aromatic nitrogens is 1. The summed E-state index contributed by atoms with van der Waals surface area (Å²) in [6.45, 7) is 6.01. The molecule has 0 aliphatic heterocycles. The lowest BCUT2D eigenvalue weighted by Gasteiger charge is -2.21. The second kappa shape index (κ2) is 6.36. The van der Waals surface area contributed by atoms with E-state index >= 15 is 0 Å². The molecule has 1 aromatic heterocycles. The van der Waals surface area contributed by atoms with Crippen LogP contribution in [0.2, 0.25) is 0 Å². The summed E-state index contributed by atoms with van der Waals surface area (Å²) in [6.07, 6.45) is 0. The van der Waals surface area contributed by atoms with Crippen molar-refractivity contribution in [3.05, 3.63) is 35.9 Å². The molecule has 1 N–H and O–H groups in total. The van der Waals surface area contributed by atoms with E-state index in [1.54, 1.807) is 0 Å². The Labute approximate surface area is 120 Å². The molecule has 1 aromatic carbocycles. The average molecular weight is 268 g/mol. The lowest BCUT2D eigenvalue weighted by Crippen LogP contribution is -2.31. The SMILES string of the molecule is CC(C)N(C)CCNc1nc2ccccc2cc1C#N. The maximum absolute atomic E-state index is 9.23. The van der Waals surface area contributed by atoms with E-state index in [9.17, 15) is 5.26 Å². The van der Waals surface area contributed by atoms with Gasteiger partial charge in [0.05, 0.1) is 11.1 Å². The largest absolute Gasteiger partial charge is 0.368 e. The van der Waals surface area contributed by atoms with Gasteiger partial charge in [-0.15, -0.1) is 0 Å². The normalized spacial score (nSPS) is 11.0. The number of fused-ring (bicyclic) bond motifs is 1. The van der Waals surface area contributed by atoms with Crippen LogP contribution in [-0.4, -0.2) is 36.1 Å². The Kier molecular flexibility index (Phi) is 4.54. The van der Waals surface area contributed by atoms with Gasteiger partial charge in [-0.2, -0.15) is 5.26 Å². The number of anilines is 1. The Balaban J connectivity index is 2.15. The van der Waals surface area contributed by atoms with Crippen LogP contribution in [0.1, 0.15) is 19.4 Å². The Morgan fingerprint density at radius 1 is 1.35 bits per heavy atom. The lowest BCUT2D eigenvalue weighted by atomic mass is 10.1. The van der Waals surface area contributed by atoms with Gasteiger partial charge in [0, 0.05) is 24.5 Å². The number of nitrogens with one attached hydrogen (secondary N) is 1. The molecule has 0 radical (unpaired) electrons. The molecule has 2 rings (SSSR count). The molecule has 0 unspecified atom stereocenters. The second-order valence-corrected chi connectivity index (χ2v) is 5.19. The van der Waals surface area contributed by atoms with Crippen LogP contribution in [0.5, 0.6) is 0 Å². The van der Waals surface area contributed by atoms with Crippen molar-refractivity contribution in [2.45, 2.75) is 19.9 Å². The Hall–Kier alpha value is -2.12. The van der Waals surface area contributed by atoms with Crippen LogP contribution in [0.4, 0.5) is 5.82 Å². The number of hydrogen-bond acceptors (Lipinski definition) is 4. The van der Waals surface area contributed by atoms with Gasteiger partial charge in [0.15, 0.2) is 0 Å². The molecule has 0 aliphatic carbocycles. The molecule has 0 bridgehead atoms. The first-order chi connectivity index (χ1) is 9.61. The fourth-order valence-electron chi connectivity index (χ4n) is 1.94. The van der Waals surface area contributed by atoms with Crippen LogP contribution in [0, 0.1) is 11.3 Å². The average Bonchev–Trinajstić information content (AvgIpc) is 2.46. The van der Waals surface area contributed by atoms with E-state index in [1.165, 1.54) is 0 Å². The topological polar surface area (TPSA) is 52.0 Å². The van der Waals surface area contributed by atoms with E-state index in [0.29, 0.717) is 17.4 Å². The maximum Gasteiger partial charge on any atom is 0.144 e. The van der Waals surface area contributed by atoms with Crippen molar-refractivity contribution < 1.29 is 0 Å². The van der Waals surface area contributed by atoms with Crippen LogP contribution in [0.15, 0.2) is 30.3 Å². The summed E-state index contributed by atoms with van der Waals surface area (Å²) >= 11 is 0. The fraction of sp³-hybridized carbons (Fsp3) is 0.375. The molecule has 0 fully saturated rings. The number of likely N-dealkylation sites (N-methyl/N-ethyl adjacent to an activating group) is 1. The highest BCUT2D eigenvalue weighted by Gasteiger charge is 2.07. The summed E-state index contributed by atoms with van der Waals surface area (Å²) in [5.41, 5.74) is 1.50. The van der Waals surface area contributed by atoms with Gasteiger partial charge in [-0.25, -0.2) is 4.98 Å². The number of para-hydroxylation sites is 1. The van der Waals surface area contributed by atoms with Crippen LogP contribution in [-0.2, 0) is 0 Å². The van der Waals surface area contributed by atoms with Gasteiger partial charge in [0.1, 0.15) is 11.9 Å². The summed E-state index contributed by atoms with van der Waals surface area (Å²) in [4.78, 5) is 6.79. The van der Waals surface area contributed by atoms with Crippen molar-refractivity contribution in [2.24, 2.45) is 0 Å². The molecular formula is C16H20N4. The molecule has 4 heteroatoms. The summed E-state index contributed by atoms with van der Waals surface area (Å²) < 4.78 is 0. The lowest BCUT2D eigenvalue weighted by molar-refractivity contribution is 0.284. The van der Waals surface area contributed by atoms with Gasteiger partial charge in [0.25, 0.3) is 0 Å². The minimum absolute atomic E-state index is 0.511. The summed E-state index contributed by atoms with van der Waals surface area (Å²) in [5, 5.41) is 13.5. The van der Waals surface area contributed by atoms with Gasteiger partial charge in [-0.1, -0.05) is 18.2 Å². The van der Waals surface area contributed by atoms with Crippen LogP contribution < -0.4 is 5.32 Å². The smallest absolute Gasteiger partial charge is 0.144 e. The summed E-state index contributed by atoms with van der Waals surface area (Å²) in [5.74, 6) is 0.670. The van der Waals surface area contributed by atoms with Crippen molar-refractivity contribution >= 4 is 16.7 Å². The van der Waals surface area contributed by atoms with E-state index in [4.69, 9.17) is 0 Å². The molecule has 0 saturated carbocycles. The molecule has 0 aliphatic rings. The molecule has 0 atom stereocenters. The number of pyridine rings is 1. The minimum atomic E-state index is 0.511. The van der Waals surface area contributed by atoms with Crippen molar-refractivity contribution in [3.8, 4) is 6.07 Å². The van der Waals surface area contributed by atoms with Gasteiger partial charge in [-0.3, -0.25) is 0 Å². The van der Waals surface area contributed by atoms with Crippen LogP contribution >= 0.6 is 0 Å². The quantitative estimate of drug-likeness (QED) is 0.906. The summed E-state index contributed by atoms with van der Waals surface area (Å²) in [7, 11) is 2.09. The van der Waals surface area contributed by atoms with Crippen molar-refractivity contribution in [1.29, 1.82) is 5.26 Å². The standard InChI is InChI=1S/C16H20N4/c1-12(2)20(3)9-8-18-16-14(11-17)10-13-6-4-5-7-15(13)19-16/h4-7,10,12H,8-9H2,1-3H3,(H,18,19). The first-order valence-electron chi connectivity index (χ1n) is 6.86. The molecule has 0 amide bonds. The highest BCUT2D eigenvalue weighted by molar-refractivity contribution is 5.82. The molecule has 2 aromatic rings. The predicted molar refractivity (Wildman–Crippen MR) is 82.7 cm³/mol. The number of hydrogen-bond donors (Lipinski definition) is 1. The summed E-state index contributed by atoms with van der Waals surface area (Å²) in [6, 6.07) is 12.4. The number of nitrogens with zero attached hydrogens (tertiary/aromatic N) is 3. The van der Waals surface area contributed by atoms with Crippen molar-refractivity contribution in [1.82, 2.24) is 9.88 Å². The van der Waals surface area contributed by atoms with Crippen LogP contribution in [0.25, 0.3) is 10.9 Å². The molecule has 1 heterocycles. The Morgan fingerprint density at radius 2 is 2.10 bits per heavy atom. The molecule has 0 saturated heterocycles. The molecular weight excluding hydrogens is 248 g/mol. The predicted octanol–water partition coefficient (Wildman–Crippen LogP) is 2.86. The third-order valence-electron chi connectivity index (χ3n) is 3.48. The van der Waals surface area contributed by atoms with Gasteiger partial charge in [-0.05, 0) is 33.0 Å². The highest BCUT2D eigenvalue weighted by Crippen LogP contribution is 2.19. The first-order valence-corrected chi connectivity index (χ1v) is 6.86. The Morgan fingerprint density at radius 3 is 2.80 bits per heavy atom. The van der Waals surface area contributed by atoms with Gasteiger partial charge < -0.3 is 10.2 Å². The van der Waals surface area contributed by atoms with Gasteiger partial charge in [0.2, 0.25) is 0 Å². The van der Waals surface area contributed by atoms with E-state index in [0.717, 1.165) is 24.0 Å². The Bertz CT molecular complexity index is 628. The molecule has 104 valence electrons. The van der Waals surface area contributed by atoms with E-state index < -0.39 is 0 Å². The van der Waals surface area contributed by atoms with Gasteiger partial charge >= 0.3 is 0 Å². The van der Waals surface area contributed by atoms with E-state index in [1.807, 2.05) is 30.3 Å². The second-order valence-electron chi connectivity index (χ2n) is 5.19. The number of benzene rings is 1. The van der Waals surface area contributed by atoms with E-state index in [2.05, 4.69) is 42.2 Å². The first kappa shape index (κ1) is 14.3.